The van der Waals surface area contributed by atoms with Crippen molar-refractivity contribution in [2.45, 2.75) is 33.4 Å². The fourth-order valence-electron chi connectivity index (χ4n) is 2.03. The van der Waals surface area contributed by atoms with Gasteiger partial charge in [0.15, 0.2) is 5.96 Å². The van der Waals surface area contributed by atoms with Crippen LogP contribution in [-0.4, -0.2) is 25.0 Å². The third kappa shape index (κ3) is 6.08. The average molecular weight is 348 g/mol. The summed E-state index contributed by atoms with van der Waals surface area (Å²) in [6.45, 7) is 6.03. The van der Waals surface area contributed by atoms with Gasteiger partial charge in [-0.3, -0.25) is 4.79 Å². The molecule has 7 heteroatoms. The maximum absolute atomic E-state index is 11.9. The van der Waals surface area contributed by atoms with Gasteiger partial charge in [0, 0.05) is 16.3 Å². The molecule has 0 atom stereocenters. The predicted molar refractivity (Wildman–Crippen MR) is 97.1 cm³/mol. The van der Waals surface area contributed by atoms with Gasteiger partial charge >= 0.3 is 0 Å². The first kappa shape index (κ1) is 18.1. The number of thiophene rings is 1. The van der Waals surface area contributed by atoms with Gasteiger partial charge in [0.2, 0.25) is 5.91 Å². The Bertz CT molecular complexity index is 649. The van der Waals surface area contributed by atoms with E-state index in [1.54, 1.807) is 23.7 Å². The SMILES string of the molecule is CCNC(=NCC(=O)NCc1ccco1)NCc1ccc(CC)s1. The summed E-state index contributed by atoms with van der Waals surface area (Å²) < 4.78 is 5.17. The molecular weight excluding hydrogens is 324 g/mol. The molecule has 1 amide bonds. The minimum atomic E-state index is -0.145. The van der Waals surface area contributed by atoms with E-state index in [2.05, 4.69) is 40.0 Å². The molecule has 0 saturated heterocycles. The van der Waals surface area contributed by atoms with Gasteiger partial charge in [-0.05, 0) is 37.6 Å². The molecule has 3 N–H and O–H groups in total. The quantitative estimate of drug-likeness (QED) is 0.505. The van der Waals surface area contributed by atoms with Gasteiger partial charge in [0.05, 0.1) is 19.4 Å². The van der Waals surface area contributed by atoms with E-state index in [1.165, 1.54) is 9.75 Å². The molecule has 0 spiro atoms. The van der Waals surface area contributed by atoms with Gasteiger partial charge in [-0.25, -0.2) is 4.99 Å². The number of furan rings is 1. The number of carbonyl (C=O) groups excluding carboxylic acids is 1. The molecule has 130 valence electrons. The standard InChI is InChI=1S/C17H24N4O2S/c1-3-14-7-8-15(24-14)11-20-17(18-4-2)21-12-16(22)19-10-13-6-5-9-23-13/h5-9H,3-4,10-12H2,1-2H3,(H,19,22)(H2,18,20,21). The number of carbonyl (C=O) groups is 1. The Morgan fingerprint density at radius 1 is 1.12 bits per heavy atom. The van der Waals surface area contributed by atoms with E-state index in [9.17, 15) is 4.79 Å². The number of aliphatic imine (C=N–C) groups is 1. The van der Waals surface area contributed by atoms with Gasteiger partial charge < -0.3 is 20.4 Å². The number of nitrogens with zero attached hydrogens (tertiary/aromatic N) is 1. The average Bonchev–Trinajstić information content (AvgIpc) is 3.26. The smallest absolute Gasteiger partial charge is 0.242 e. The topological polar surface area (TPSA) is 78.7 Å². The van der Waals surface area contributed by atoms with E-state index in [0.29, 0.717) is 19.0 Å². The van der Waals surface area contributed by atoms with Crippen LogP contribution in [0.25, 0.3) is 0 Å². The second kappa shape index (κ2) is 9.77. The zero-order chi connectivity index (χ0) is 17.2. The van der Waals surface area contributed by atoms with Gasteiger partial charge in [-0.15, -0.1) is 11.3 Å². The summed E-state index contributed by atoms with van der Waals surface area (Å²) in [7, 11) is 0. The number of nitrogens with one attached hydrogen (secondary N) is 3. The summed E-state index contributed by atoms with van der Waals surface area (Å²) in [5.74, 6) is 1.21. The van der Waals surface area contributed by atoms with Gasteiger partial charge in [0.1, 0.15) is 12.3 Å². The second-order valence-electron chi connectivity index (χ2n) is 5.13. The first-order chi connectivity index (χ1) is 11.7. The molecule has 0 bridgehead atoms. The van der Waals surface area contributed by atoms with Crippen molar-refractivity contribution >= 4 is 23.2 Å². The highest BCUT2D eigenvalue weighted by Gasteiger charge is 2.04. The minimum Gasteiger partial charge on any atom is -0.467 e. The van der Waals surface area contributed by atoms with Crippen LogP contribution < -0.4 is 16.0 Å². The zero-order valence-corrected chi connectivity index (χ0v) is 14.9. The lowest BCUT2D eigenvalue weighted by Crippen LogP contribution is -2.37. The Labute approximate surface area is 146 Å². The van der Waals surface area contributed by atoms with Crippen LogP contribution in [0.1, 0.15) is 29.4 Å². The third-order valence-electron chi connectivity index (χ3n) is 3.26. The van der Waals surface area contributed by atoms with Crippen LogP contribution in [0.5, 0.6) is 0 Å². The summed E-state index contributed by atoms with van der Waals surface area (Å²) in [6.07, 6.45) is 2.63. The number of rotatable bonds is 8. The number of hydrogen-bond acceptors (Lipinski definition) is 4. The Morgan fingerprint density at radius 3 is 2.62 bits per heavy atom. The molecular formula is C17H24N4O2S. The van der Waals surface area contributed by atoms with Crippen LogP contribution in [0.2, 0.25) is 0 Å². The fraction of sp³-hybridized carbons (Fsp3) is 0.412. The summed E-state index contributed by atoms with van der Waals surface area (Å²) in [5.41, 5.74) is 0. The predicted octanol–water partition coefficient (Wildman–Crippen LogP) is 2.27. The molecule has 2 heterocycles. The first-order valence-electron chi connectivity index (χ1n) is 8.10. The lowest BCUT2D eigenvalue weighted by Gasteiger charge is -2.10. The van der Waals surface area contributed by atoms with E-state index in [1.807, 2.05) is 13.0 Å². The van der Waals surface area contributed by atoms with Crippen molar-refractivity contribution in [3.8, 4) is 0 Å². The van der Waals surface area contributed by atoms with Crippen molar-refractivity contribution in [2.75, 3.05) is 13.1 Å². The summed E-state index contributed by atoms with van der Waals surface area (Å²) in [6, 6.07) is 7.88. The zero-order valence-electron chi connectivity index (χ0n) is 14.1. The summed E-state index contributed by atoms with van der Waals surface area (Å²) >= 11 is 1.79. The Balaban J connectivity index is 1.79. The van der Waals surface area contributed by atoms with Gasteiger partial charge in [-0.1, -0.05) is 6.92 Å². The molecule has 0 saturated carbocycles. The van der Waals surface area contributed by atoms with Crippen molar-refractivity contribution in [2.24, 2.45) is 4.99 Å². The van der Waals surface area contributed by atoms with Gasteiger partial charge in [-0.2, -0.15) is 0 Å². The molecule has 2 aromatic heterocycles. The van der Waals surface area contributed by atoms with Crippen LogP contribution in [-0.2, 0) is 24.3 Å². The molecule has 2 rings (SSSR count). The molecule has 0 aliphatic carbocycles. The summed E-state index contributed by atoms with van der Waals surface area (Å²) in [4.78, 5) is 18.8. The first-order valence-corrected chi connectivity index (χ1v) is 8.91. The van der Waals surface area contributed by atoms with E-state index in [0.717, 1.165) is 18.7 Å². The molecule has 6 nitrogen and oxygen atoms in total. The fourth-order valence-corrected chi connectivity index (χ4v) is 2.92. The molecule has 0 aliphatic heterocycles. The van der Waals surface area contributed by atoms with Crippen LogP contribution >= 0.6 is 11.3 Å². The molecule has 2 aromatic rings. The van der Waals surface area contributed by atoms with Crippen molar-refractivity contribution in [1.29, 1.82) is 0 Å². The van der Waals surface area contributed by atoms with E-state index in [4.69, 9.17) is 4.42 Å². The highest BCUT2D eigenvalue weighted by Crippen LogP contribution is 2.16. The van der Waals surface area contributed by atoms with Crippen molar-refractivity contribution in [1.82, 2.24) is 16.0 Å². The lowest BCUT2D eigenvalue weighted by atomic mass is 10.4. The highest BCUT2D eigenvalue weighted by molar-refractivity contribution is 7.11. The normalized spacial score (nSPS) is 11.3. The van der Waals surface area contributed by atoms with Crippen molar-refractivity contribution < 1.29 is 9.21 Å². The Hall–Kier alpha value is -2.28. The van der Waals surface area contributed by atoms with Gasteiger partial charge in [0.25, 0.3) is 0 Å². The Kier molecular flexibility index (Phi) is 7.35. The van der Waals surface area contributed by atoms with Crippen molar-refractivity contribution in [3.63, 3.8) is 0 Å². The molecule has 0 unspecified atom stereocenters. The largest absolute Gasteiger partial charge is 0.467 e. The maximum atomic E-state index is 11.9. The van der Waals surface area contributed by atoms with Crippen LogP contribution in [0, 0.1) is 0 Å². The lowest BCUT2D eigenvalue weighted by molar-refractivity contribution is -0.119. The van der Waals surface area contributed by atoms with E-state index < -0.39 is 0 Å². The van der Waals surface area contributed by atoms with Crippen LogP contribution in [0.3, 0.4) is 0 Å². The van der Waals surface area contributed by atoms with E-state index >= 15 is 0 Å². The molecule has 0 aliphatic rings. The van der Waals surface area contributed by atoms with Crippen LogP contribution in [0.15, 0.2) is 39.9 Å². The molecule has 0 aromatic carbocycles. The second-order valence-corrected chi connectivity index (χ2v) is 6.38. The number of aryl methyl sites for hydroxylation is 1. The van der Waals surface area contributed by atoms with Crippen molar-refractivity contribution in [3.05, 3.63) is 46.0 Å². The Morgan fingerprint density at radius 2 is 1.96 bits per heavy atom. The maximum Gasteiger partial charge on any atom is 0.242 e. The van der Waals surface area contributed by atoms with E-state index in [-0.39, 0.29) is 12.5 Å². The molecule has 0 fully saturated rings. The third-order valence-corrected chi connectivity index (χ3v) is 4.49. The number of amides is 1. The molecule has 0 radical (unpaired) electrons. The van der Waals surface area contributed by atoms with Crippen LogP contribution in [0.4, 0.5) is 0 Å². The molecule has 24 heavy (non-hydrogen) atoms. The minimum absolute atomic E-state index is 0.0701. The highest BCUT2D eigenvalue weighted by atomic mass is 32.1. The number of guanidine groups is 1. The number of hydrogen-bond donors (Lipinski definition) is 3. The summed E-state index contributed by atoms with van der Waals surface area (Å²) in [5, 5.41) is 9.17. The monoisotopic (exact) mass is 348 g/mol.